The molecule has 0 aliphatic heterocycles. The summed E-state index contributed by atoms with van der Waals surface area (Å²) in [6.45, 7) is 0.477. The van der Waals surface area contributed by atoms with Crippen molar-refractivity contribution < 1.29 is 9.90 Å². The van der Waals surface area contributed by atoms with Crippen LogP contribution >= 0.6 is 0 Å². The quantitative estimate of drug-likeness (QED) is 0.377. The van der Waals surface area contributed by atoms with Crippen LogP contribution in [0.1, 0.15) is 23.2 Å². The topological polar surface area (TPSA) is 89.3 Å². The van der Waals surface area contributed by atoms with E-state index in [9.17, 15) is 9.90 Å². The van der Waals surface area contributed by atoms with Gasteiger partial charge in [-0.2, -0.15) is 0 Å². The molecule has 4 nitrogen and oxygen atoms in total. The molecule has 5 N–H and O–H groups in total. The van der Waals surface area contributed by atoms with Crippen molar-refractivity contribution in [2.45, 2.75) is 12.8 Å². The third kappa shape index (κ3) is 2.47. The molecule has 1 aromatic rings. The fourth-order valence-corrected chi connectivity index (χ4v) is 1.18. The van der Waals surface area contributed by atoms with E-state index in [1.807, 2.05) is 0 Å². The molecule has 14 heavy (non-hydrogen) atoms. The van der Waals surface area contributed by atoms with Gasteiger partial charge in [0.05, 0.1) is 0 Å². The lowest BCUT2D eigenvalue weighted by Crippen LogP contribution is -2.07. The number of nitrogen functional groups attached to an aromatic ring is 1. The normalized spacial score (nSPS) is 10.1. The molecule has 0 fully saturated rings. The molecule has 0 saturated heterocycles. The lowest BCUT2D eigenvalue weighted by Gasteiger charge is -2.04. The average molecular weight is 194 g/mol. The third-order valence-corrected chi connectivity index (χ3v) is 1.95. The third-order valence-electron chi connectivity index (χ3n) is 1.95. The van der Waals surface area contributed by atoms with Crippen molar-refractivity contribution in [2.24, 2.45) is 5.73 Å². The van der Waals surface area contributed by atoms with Crippen molar-refractivity contribution in [1.82, 2.24) is 0 Å². The molecule has 1 rings (SSSR count). The van der Waals surface area contributed by atoms with Crippen LogP contribution in [0.25, 0.3) is 0 Å². The maximum absolute atomic E-state index is 11.5. The van der Waals surface area contributed by atoms with Gasteiger partial charge in [-0.3, -0.25) is 4.79 Å². The summed E-state index contributed by atoms with van der Waals surface area (Å²) in [5.41, 5.74) is 11.7. The summed E-state index contributed by atoms with van der Waals surface area (Å²) in [4.78, 5) is 11.5. The summed E-state index contributed by atoms with van der Waals surface area (Å²) in [7, 11) is 0. The summed E-state index contributed by atoms with van der Waals surface area (Å²) >= 11 is 0. The van der Waals surface area contributed by atoms with Gasteiger partial charge in [-0.15, -0.1) is 0 Å². The largest absolute Gasteiger partial charge is 0.508 e. The van der Waals surface area contributed by atoms with Gasteiger partial charge in [-0.05, 0) is 31.2 Å². The summed E-state index contributed by atoms with van der Waals surface area (Å²) in [5, 5.41) is 9.18. The van der Waals surface area contributed by atoms with Gasteiger partial charge in [0.25, 0.3) is 0 Å². The standard InChI is InChI=1S/C10H14N2O2/c11-5-1-2-10(14)8-6-7(13)3-4-9(8)12/h3-4,6,13H,1-2,5,11-12H2. The molecule has 0 amide bonds. The van der Waals surface area contributed by atoms with Crippen LogP contribution in [0.15, 0.2) is 18.2 Å². The fraction of sp³-hybridized carbons (Fsp3) is 0.300. The first kappa shape index (κ1) is 10.5. The fourth-order valence-electron chi connectivity index (χ4n) is 1.18. The number of aromatic hydroxyl groups is 1. The molecule has 0 bridgehead atoms. The van der Waals surface area contributed by atoms with Gasteiger partial charge in [-0.1, -0.05) is 0 Å². The second kappa shape index (κ2) is 4.62. The number of phenolic OH excluding ortho intramolecular Hbond substituents is 1. The van der Waals surface area contributed by atoms with Crippen LogP contribution in [0.4, 0.5) is 5.69 Å². The predicted octanol–water partition coefficient (Wildman–Crippen LogP) is 0.896. The molecule has 76 valence electrons. The Morgan fingerprint density at radius 3 is 2.79 bits per heavy atom. The SMILES string of the molecule is NCCCC(=O)c1cc(O)ccc1N. The summed E-state index contributed by atoms with van der Waals surface area (Å²) in [6, 6.07) is 4.36. The number of carbonyl (C=O) groups is 1. The minimum absolute atomic E-state index is 0.0512. The highest BCUT2D eigenvalue weighted by molar-refractivity contribution is 6.01. The van der Waals surface area contributed by atoms with Crippen molar-refractivity contribution in [1.29, 1.82) is 0 Å². The Labute approximate surface area is 82.5 Å². The Balaban J connectivity index is 2.83. The van der Waals surface area contributed by atoms with Gasteiger partial charge in [0.1, 0.15) is 5.75 Å². The summed E-state index contributed by atoms with van der Waals surface area (Å²) < 4.78 is 0. The minimum atomic E-state index is -0.0798. The number of Topliss-reactive ketones (excluding diaryl/α,β-unsaturated/α-hetero) is 1. The van der Waals surface area contributed by atoms with Crippen LogP contribution in [-0.2, 0) is 0 Å². The number of hydrogen-bond acceptors (Lipinski definition) is 4. The average Bonchev–Trinajstić information content (AvgIpc) is 2.18. The molecule has 0 aliphatic rings. The Morgan fingerprint density at radius 2 is 2.14 bits per heavy atom. The second-order valence-corrected chi connectivity index (χ2v) is 3.09. The van der Waals surface area contributed by atoms with Gasteiger partial charge >= 0.3 is 0 Å². The van der Waals surface area contributed by atoms with Crippen molar-refractivity contribution in [3.63, 3.8) is 0 Å². The van der Waals surface area contributed by atoms with Gasteiger partial charge in [0.2, 0.25) is 0 Å². The van der Waals surface area contributed by atoms with E-state index in [1.165, 1.54) is 18.2 Å². The first-order valence-electron chi connectivity index (χ1n) is 4.47. The van der Waals surface area contributed by atoms with Crippen LogP contribution in [0.5, 0.6) is 5.75 Å². The minimum Gasteiger partial charge on any atom is -0.508 e. The Morgan fingerprint density at radius 1 is 1.43 bits per heavy atom. The number of rotatable bonds is 4. The van der Waals surface area contributed by atoms with Gasteiger partial charge < -0.3 is 16.6 Å². The molecule has 0 unspecified atom stereocenters. The highest BCUT2D eigenvalue weighted by Gasteiger charge is 2.09. The van der Waals surface area contributed by atoms with E-state index in [0.29, 0.717) is 30.6 Å². The summed E-state index contributed by atoms with van der Waals surface area (Å²) in [6.07, 6.45) is 0.998. The molecule has 4 heteroatoms. The Hall–Kier alpha value is -1.55. The van der Waals surface area contributed by atoms with E-state index in [1.54, 1.807) is 0 Å². The van der Waals surface area contributed by atoms with Crippen LogP contribution in [-0.4, -0.2) is 17.4 Å². The first-order chi connectivity index (χ1) is 6.65. The number of nitrogens with two attached hydrogens (primary N) is 2. The predicted molar refractivity (Wildman–Crippen MR) is 55.1 cm³/mol. The molecule has 0 radical (unpaired) electrons. The zero-order valence-electron chi connectivity index (χ0n) is 7.86. The smallest absolute Gasteiger partial charge is 0.165 e. The zero-order chi connectivity index (χ0) is 10.6. The van der Waals surface area contributed by atoms with Gasteiger partial charge in [0.15, 0.2) is 5.78 Å². The van der Waals surface area contributed by atoms with E-state index in [4.69, 9.17) is 11.5 Å². The molecule has 0 saturated carbocycles. The number of phenols is 1. The molecule has 0 spiro atoms. The van der Waals surface area contributed by atoms with E-state index < -0.39 is 0 Å². The lowest BCUT2D eigenvalue weighted by molar-refractivity contribution is 0.0981. The van der Waals surface area contributed by atoms with E-state index in [0.717, 1.165) is 0 Å². The first-order valence-corrected chi connectivity index (χ1v) is 4.47. The van der Waals surface area contributed by atoms with Crippen LogP contribution in [0, 0.1) is 0 Å². The number of benzene rings is 1. The molecule has 0 aliphatic carbocycles. The van der Waals surface area contributed by atoms with E-state index >= 15 is 0 Å². The van der Waals surface area contributed by atoms with Crippen LogP contribution in [0.3, 0.4) is 0 Å². The van der Waals surface area contributed by atoms with Crippen LogP contribution < -0.4 is 11.5 Å². The van der Waals surface area contributed by atoms with E-state index in [2.05, 4.69) is 0 Å². The molecule has 1 aromatic carbocycles. The highest BCUT2D eigenvalue weighted by Crippen LogP contribution is 2.20. The molecule has 0 heterocycles. The van der Waals surface area contributed by atoms with Crippen molar-refractivity contribution in [2.75, 3.05) is 12.3 Å². The molecule has 0 aromatic heterocycles. The number of carbonyl (C=O) groups excluding carboxylic acids is 1. The molecular weight excluding hydrogens is 180 g/mol. The van der Waals surface area contributed by atoms with Crippen molar-refractivity contribution in [3.8, 4) is 5.75 Å². The second-order valence-electron chi connectivity index (χ2n) is 3.09. The highest BCUT2D eigenvalue weighted by atomic mass is 16.3. The Bertz CT molecular complexity index is 337. The molecular formula is C10H14N2O2. The monoisotopic (exact) mass is 194 g/mol. The van der Waals surface area contributed by atoms with Gasteiger partial charge in [0, 0.05) is 17.7 Å². The van der Waals surface area contributed by atoms with Crippen molar-refractivity contribution in [3.05, 3.63) is 23.8 Å². The van der Waals surface area contributed by atoms with E-state index in [-0.39, 0.29) is 11.5 Å². The maximum atomic E-state index is 11.5. The number of hydrogen-bond donors (Lipinski definition) is 3. The van der Waals surface area contributed by atoms with Gasteiger partial charge in [-0.25, -0.2) is 0 Å². The number of ketones is 1. The lowest BCUT2D eigenvalue weighted by atomic mass is 10.0. The maximum Gasteiger partial charge on any atom is 0.165 e. The molecule has 0 atom stereocenters. The van der Waals surface area contributed by atoms with Crippen molar-refractivity contribution >= 4 is 11.5 Å². The number of anilines is 1. The van der Waals surface area contributed by atoms with Crippen LogP contribution in [0.2, 0.25) is 0 Å². The zero-order valence-corrected chi connectivity index (χ0v) is 7.86. The Kier molecular flexibility index (Phi) is 3.48. The summed E-state index contributed by atoms with van der Waals surface area (Å²) in [5.74, 6) is -0.0286.